The summed E-state index contributed by atoms with van der Waals surface area (Å²) >= 11 is 1.88. The van der Waals surface area contributed by atoms with Crippen molar-refractivity contribution in [3.8, 4) is 0 Å². The summed E-state index contributed by atoms with van der Waals surface area (Å²) in [6.07, 6.45) is 2.75. The molecular weight excluding hydrogens is 222 g/mol. The highest BCUT2D eigenvalue weighted by atomic mass is 32.2. The summed E-state index contributed by atoms with van der Waals surface area (Å²) in [5.74, 6) is 2.14. The van der Waals surface area contributed by atoms with E-state index in [0.29, 0.717) is 12.3 Å². The van der Waals surface area contributed by atoms with Crippen LogP contribution < -0.4 is 0 Å². The molecule has 2 unspecified atom stereocenters. The summed E-state index contributed by atoms with van der Waals surface area (Å²) < 4.78 is 0. The number of hydrogen-bond acceptors (Lipinski definition) is 3. The van der Waals surface area contributed by atoms with Gasteiger partial charge in [-0.1, -0.05) is 20.3 Å². The van der Waals surface area contributed by atoms with Crippen molar-refractivity contribution in [2.24, 2.45) is 5.92 Å². The molecule has 0 aromatic carbocycles. The fourth-order valence-corrected chi connectivity index (χ4v) is 3.43. The van der Waals surface area contributed by atoms with E-state index in [0.717, 1.165) is 24.6 Å². The Morgan fingerprint density at radius 1 is 1.62 bits per heavy atom. The molecule has 0 amide bonds. The van der Waals surface area contributed by atoms with Gasteiger partial charge in [0.2, 0.25) is 0 Å². The highest BCUT2D eigenvalue weighted by Crippen LogP contribution is 2.21. The first-order chi connectivity index (χ1) is 7.63. The molecular formula is C12H23NO2S. The summed E-state index contributed by atoms with van der Waals surface area (Å²) in [6, 6.07) is 0.246. The molecule has 1 aliphatic rings. The molecule has 94 valence electrons. The first-order valence-corrected chi connectivity index (χ1v) is 7.32. The summed E-state index contributed by atoms with van der Waals surface area (Å²) in [4.78, 5) is 13.2. The molecule has 0 aliphatic carbocycles. The van der Waals surface area contributed by atoms with Crippen LogP contribution in [0.3, 0.4) is 0 Å². The summed E-state index contributed by atoms with van der Waals surface area (Å²) in [6.45, 7) is 6.59. The highest BCUT2D eigenvalue weighted by Gasteiger charge is 2.25. The first-order valence-electron chi connectivity index (χ1n) is 6.17. The van der Waals surface area contributed by atoms with Gasteiger partial charge in [-0.05, 0) is 12.3 Å². The SMILES string of the molecule is CCCC(C)CN1CCSCC1CC(=O)O. The first kappa shape index (κ1) is 13.8. The third-order valence-corrected chi connectivity index (χ3v) is 4.18. The van der Waals surface area contributed by atoms with Crippen molar-refractivity contribution in [3.63, 3.8) is 0 Å². The number of carbonyl (C=O) groups is 1. The lowest BCUT2D eigenvalue weighted by Crippen LogP contribution is -2.45. The van der Waals surface area contributed by atoms with E-state index in [1.165, 1.54) is 12.8 Å². The number of hydrogen-bond donors (Lipinski definition) is 1. The van der Waals surface area contributed by atoms with E-state index in [9.17, 15) is 4.79 Å². The average molecular weight is 245 g/mol. The zero-order valence-corrected chi connectivity index (χ0v) is 11.1. The Morgan fingerprint density at radius 2 is 2.38 bits per heavy atom. The molecule has 2 atom stereocenters. The lowest BCUT2D eigenvalue weighted by Gasteiger charge is -2.36. The van der Waals surface area contributed by atoms with E-state index in [4.69, 9.17) is 5.11 Å². The van der Waals surface area contributed by atoms with Gasteiger partial charge in [-0.3, -0.25) is 9.69 Å². The Hall–Kier alpha value is -0.220. The molecule has 0 radical (unpaired) electrons. The number of nitrogens with zero attached hydrogens (tertiary/aromatic N) is 1. The van der Waals surface area contributed by atoms with Crippen LogP contribution >= 0.6 is 11.8 Å². The molecule has 0 aromatic heterocycles. The molecule has 1 N–H and O–H groups in total. The third-order valence-electron chi connectivity index (χ3n) is 3.09. The molecule has 0 saturated carbocycles. The Morgan fingerprint density at radius 3 is 3.00 bits per heavy atom. The molecule has 0 spiro atoms. The van der Waals surface area contributed by atoms with Crippen molar-refractivity contribution in [1.29, 1.82) is 0 Å². The van der Waals surface area contributed by atoms with Crippen LogP contribution in [0.15, 0.2) is 0 Å². The van der Waals surface area contributed by atoms with Gasteiger partial charge in [0, 0.05) is 30.6 Å². The van der Waals surface area contributed by atoms with Gasteiger partial charge >= 0.3 is 5.97 Å². The van der Waals surface area contributed by atoms with Crippen molar-refractivity contribution in [2.75, 3.05) is 24.6 Å². The second-order valence-electron chi connectivity index (χ2n) is 4.72. The van der Waals surface area contributed by atoms with Gasteiger partial charge in [0.15, 0.2) is 0 Å². The number of rotatable bonds is 6. The predicted octanol–water partition coefficient (Wildman–Crippen LogP) is 2.31. The van der Waals surface area contributed by atoms with Crippen LogP contribution in [0.1, 0.15) is 33.1 Å². The van der Waals surface area contributed by atoms with Gasteiger partial charge in [0.1, 0.15) is 0 Å². The van der Waals surface area contributed by atoms with Crippen LogP contribution in [0.5, 0.6) is 0 Å². The molecule has 1 rings (SSSR count). The van der Waals surface area contributed by atoms with Gasteiger partial charge in [0.05, 0.1) is 6.42 Å². The van der Waals surface area contributed by atoms with Crippen LogP contribution in [-0.2, 0) is 4.79 Å². The fourth-order valence-electron chi connectivity index (χ4n) is 2.30. The molecule has 0 bridgehead atoms. The number of carboxylic acid groups (broad SMARTS) is 1. The van der Waals surface area contributed by atoms with E-state index >= 15 is 0 Å². The lowest BCUT2D eigenvalue weighted by molar-refractivity contribution is -0.138. The van der Waals surface area contributed by atoms with E-state index < -0.39 is 5.97 Å². The summed E-state index contributed by atoms with van der Waals surface area (Å²) in [5, 5.41) is 8.89. The maximum Gasteiger partial charge on any atom is 0.304 e. The van der Waals surface area contributed by atoms with Gasteiger partial charge in [-0.2, -0.15) is 11.8 Å². The number of thioether (sulfide) groups is 1. The van der Waals surface area contributed by atoms with Crippen molar-refractivity contribution in [1.82, 2.24) is 4.90 Å². The monoisotopic (exact) mass is 245 g/mol. The molecule has 1 fully saturated rings. The molecule has 4 heteroatoms. The van der Waals surface area contributed by atoms with Gasteiger partial charge in [0.25, 0.3) is 0 Å². The minimum Gasteiger partial charge on any atom is -0.481 e. The zero-order valence-electron chi connectivity index (χ0n) is 10.3. The van der Waals surface area contributed by atoms with Crippen molar-refractivity contribution in [2.45, 2.75) is 39.2 Å². The van der Waals surface area contributed by atoms with Crippen molar-refractivity contribution < 1.29 is 9.90 Å². The Labute approximate surface area is 103 Å². The maximum absolute atomic E-state index is 10.8. The lowest BCUT2D eigenvalue weighted by atomic mass is 10.0. The number of aliphatic carboxylic acids is 1. The number of carboxylic acids is 1. The van der Waals surface area contributed by atoms with Crippen LogP contribution in [0.25, 0.3) is 0 Å². The second-order valence-corrected chi connectivity index (χ2v) is 5.87. The standard InChI is InChI=1S/C12H23NO2S/c1-3-4-10(2)8-13-5-6-16-9-11(13)7-12(14)15/h10-11H,3-9H2,1-2H3,(H,14,15). The molecule has 1 aliphatic heterocycles. The normalized spacial score (nSPS) is 24.2. The Balaban J connectivity index is 2.43. The minimum absolute atomic E-state index is 0.246. The molecule has 1 heterocycles. The zero-order chi connectivity index (χ0) is 12.0. The van der Waals surface area contributed by atoms with Crippen LogP contribution in [-0.4, -0.2) is 46.6 Å². The van der Waals surface area contributed by atoms with E-state index in [1.807, 2.05) is 11.8 Å². The molecule has 3 nitrogen and oxygen atoms in total. The largest absolute Gasteiger partial charge is 0.481 e. The molecule has 16 heavy (non-hydrogen) atoms. The van der Waals surface area contributed by atoms with Crippen molar-refractivity contribution in [3.05, 3.63) is 0 Å². The van der Waals surface area contributed by atoms with Crippen LogP contribution in [0.4, 0.5) is 0 Å². The van der Waals surface area contributed by atoms with E-state index in [-0.39, 0.29) is 6.04 Å². The summed E-state index contributed by atoms with van der Waals surface area (Å²) in [5.41, 5.74) is 0. The average Bonchev–Trinajstić information content (AvgIpc) is 2.20. The second kappa shape index (κ2) is 7.17. The van der Waals surface area contributed by atoms with E-state index in [1.54, 1.807) is 0 Å². The Bertz CT molecular complexity index is 223. The van der Waals surface area contributed by atoms with Gasteiger partial charge in [-0.15, -0.1) is 0 Å². The van der Waals surface area contributed by atoms with Crippen molar-refractivity contribution >= 4 is 17.7 Å². The highest BCUT2D eigenvalue weighted by molar-refractivity contribution is 7.99. The molecule has 0 aromatic rings. The maximum atomic E-state index is 10.8. The van der Waals surface area contributed by atoms with Crippen LogP contribution in [0, 0.1) is 5.92 Å². The molecule has 1 saturated heterocycles. The van der Waals surface area contributed by atoms with E-state index in [2.05, 4.69) is 18.7 Å². The predicted molar refractivity (Wildman–Crippen MR) is 69.0 cm³/mol. The third kappa shape index (κ3) is 4.74. The summed E-state index contributed by atoms with van der Waals surface area (Å²) in [7, 11) is 0. The minimum atomic E-state index is -0.666. The fraction of sp³-hybridized carbons (Fsp3) is 0.917. The van der Waals surface area contributed by atoms with Gasteiger partial charge in [-0.25, -0.2) is 0 Å². The quantitative estimate of drug-likeness (QED) is 0.779. The van der Waals surface area contributed by atoms with Gasteiger partial charge < -0.3 is 5.11 Å². The smallest absolute Gasteiger partial charge is 0.304 e. The Kier molecular flexibility index (Phi) is 6.21. The topological polar surface area (TPSA) is 40.5 Å². The van der Waals surface area contributed by atoms with Crippen LogP contribution in [0.2, 0.25) is 0 Å².